The Hall–Kier alpha value is -0.850. The monoisotopic (exact) mass is 124 g/mol. The minimum Gasteiger partial charge on any atom is -0.295 e. The Kier molecular flexibility index (Phi) is 3.69. The van der Waals surface area contributed by atoms with Gasteiger partial charge in [0.05, 0.1) is 0 Å². The van der Waals surface area contributed by atoms with Crippen LogP contribution < -0.4 is 0 Å². The zero-order valence-corrected chi connectivity index (χ0v) is 6.14. The van der Waals surface area contributed by atoms with E-state index in [0.29, 0.717) is 0 Å². The summed E-state index contributed by atoms with van der Waals surface area (Å²) >= 11 is 0. The van der Waals surface area contributed by atoms with E-state index in [-0.39, 0.29) is 5.78 Å². The number of allylic oxidation sites excluding steroid dienone is 4. The van der Waals surface area contributed by atoms with Crippen molar-refractivity contribution >= 4 is 5.78 Å². The molecule has 0 amide bonds. The van der Waals surface area contributed by atoms with Gasteiger partial charge in [0.15, 0.2) is 5.78 Å². The lowest BCUT2D eigenvalue weighted by molar-refractivity contribution is -0.113. The second-order valence-corrected chi connectivity index (χ2v) is 1.93. The van der Waals surface area contributed by atoms with Crippen molar-refractivity contribution in [2.75, 3.05) is 0 Å². The maximum Gasteiger partial charge on any atom is 0.155 e. The molecule has 1 heteroatoms. The molecule has 0 unspecified atom stereocenters. The van der Waals surface area contributed by atoms with Gasteiger partial charge in [-0.2, -0.15) is 0 Å². The van der Waals surface area contributed by atoms with E-state index in [2.05, 4.69) is 0 Å². The molecule has 0 atom stereocenters. The van der Waals surface area contributed by atoms with E-state index in [0.717, 1.165) is 5.57 Å². The summed E-state index contributed by atoms with van der Waals surface area (Å²) in [6.07, 6.45) is 5.56. The molecule has 50 valence electrons. The molecule has 0 rings (SSSR count). The van der Waals surface area contributed by atoms with Crippen molar-refractivity contribution in [2.45, 2.75) is 20.8 Å². The van der Waals surface area contributed by atoms with Crippen LogP contribution in [0.2, 0.25) is 0 Å². The molecule has 0 aliphatic rings. The normalized spacial score (nSPS) is 12.6. The van der Waals surface area contributed by atoms with Crippen molar-refractivity contribution in [3.05, 3.63) is 23.8 Å². The van der Waals surface area contributed by atoms with Gasteiger partial charge < -0.3 is 0 Å². The molecule has 0 radical (unpaired) electrons. The molecule has 0 aromatic carbocycles. The van der Waals surface area contributed by atoms with Crippen molar-refractivity contribution in [1.82, 2.24) is 0 Å². The number of carbonyl (C=O) groups is 1. The first-order chi connectivity index (χ1) is 4.18. The maximum atomic E-state index is 10.5. The molecule has 0 spiro atoms. The van der Waals surface area contributed by atoms with E-state index in [9.17, 15) is 4.79 Å². The summed E-state index contributed by atoms with van der Waals surface area (Å²) in [5, 5.41) is 0. The smallest absolute Gasteiger partial charge is 0.155 e. The van der Waals surface area contributed by atoms with Crippen molar-refractivity contribution in [1.29, 1.82) is 0 Å². The third-order valence-electron chi connectivity index (χ3n) is 1.09. The van der Waals surface area contributed by atoms with Gasteiger partial charge in [-0.15, -0.1) is 0 Å². The van der Waals surface area contributed by atoms with Gasteiger partial charge in [0, 0.05) is 0 Å². The molecular formula is C8H12O. The Bertz CT molecular complexity index is 152. The minimum atomic E-state index is 0.133. The number of hydrogen-bond acceptors (Lipinski definition) is 1. The Morgan fingerprint density at radius 1 is 1.33 bits per heavy atom. The van der Waals surface area contributed by atoms with Crippen LogP contribution in [-0.4, -0.2) is 5.78 Å². The standard InChI is InChI=1S/C8H12O/c1-4-5-6-7(2)8(3)9/h4-6H,1-3H3/b5-4-,7-6-. The van der Waals surface area contributed by atoms with Gasteiger partial charge in [-0.05, 0) is 26.3 Å². The summed E-state index contributed by atoms with van der Waals surface area (Å²) in [5.41, 5.74) is 0.799. The third-order valence-corrected chi connectivity index (χ3v) is 1.09. The second kappa shape index (κ2) is 4.07. The highest BCUT2D eigenvalue weighted by molar-refractivity contribution is 5.92. The fourth-order valence-electron chi connectivity index (χ4n) is 0.358. The second-order valence-electron chi connectivity index (χ2n) is 1.93. The molecule has 0 aromatic heterocycles. The van der Waals surface area contributed by atoms with Gasteiger partial charge in [-0.25, -0.2) is 0 Å². The average Bonchev–Trinajstić information content (AvgIpc) is 1.82. The summed E-state index contributed by atoms with van der Waals surface area (Å²) in [4.78, 5) is 10.5. The summed E-state index contributed by atoms with van der Waals surface area (Å²) in [7, 11) is 0. The largest absolute Gasteiger partial charge is 0.295 e. The molecule has 0 bridgehead atoms. The fraction of sp³-hybridized carbons (Fsp3) is 0.375. The van der Waals surface area contributed by atoms with E-state index in [4.69, 9.17) is 0 Å². The number of carbonyl (C=O) groups excluding carboxylic acids is 1. The molecule has 0 heterocycles. The highest BCUT2D eigenvalue weighted by atomic mass is 16.1. The Morgan fingerprint density at radius 3 is 2.22 bits per heavy atom. The molecule has 0 fully saturated rings. The molecular weight excluding hydrogens is 112 g/mol. The highest BCUT2D eigenvalue weighted by Crippen LogP contribution is 1.93. The number of rotatable bonds is 2. The number of Topliss-reactive ketones (excluding diaryl/α,β-unsaturated/α-hetero) is 1. The lowest BCUT2D eigenvalue weighted by Gasteiger charge is -1.87. The van der Waals surface area contributed by atoms with Crippen molar-refractivity contribution in [2.24, 2.45) is 0 Å². The molecule has 0 aliphatic heterocycles. The van der Waals surface area contributed by atoms with Crippen LogP contribution in [0.5, 0.6) is 0 Å². The Morgan fingerprint density at radius 2 is 1.89 bits per heavy atom. The lowest BCUT2D eigenvalue weighted by Crippen LogP contribution is -1.89. The molecule has 0 aromatic rings. The lowest BCUT2D eigenvalue weighted by atomic mass is 10.2. The van der Waals surface area contributed by atoms with Gasteiger partial charge in [-0.1, -0.05) is 18.2 Å². The number of ketones is 1. The van der Waals surface area contributed by atoms with Gasteiger partial charge in [-0.3, -0.25) is 4.79 Å². The van der Waals surface area contributed by atoms with E-state index in [1.165, 1.54) is 0 Å². The van der Waals surface area contributed by atoms with Crippen LogP contribution in [0.1, 0.15) is 20.8 Å². The molecule has 9 heavy (non-hydrogen) atoms. The van der Waals surface area contributed by atoms with E-state index >= 15 is 0 Å². The van der Waals surface area contributed by atoms with Crippen LogP contribution in [0.25, 0.3) is 0 Å². The Labute approximate surface area is 56.1 Å². The topological polar surface area (TPSA) is 17.1 Å². The van der Waals surface area contributed by atoms with Crippen molar-refractivity contribution < 1.29 is 4.79 Å². The highest BCUT2D eigenvalue weighted by Gasteiger charge is 1.90. The van der Waals surface area contributed by atoms with Gasteiger partial charge in [0.25, 0.3) is 0 Å². The van der Waals surface area contributed by atoms with Crippen molar-refractivity contribution in [3.8, 4) is 0 Å². The SMILES string of the molecule is C/C=C\C=C(\C)C(C)=O. The van der Waals surface area contributed by atoms with Gasteiger partial charge >= 0.3 is 0 Å². The van der Waals surface area contributed by atoms with Crippen LogP contribution in [0.15, 0.2) is 23.8 Å². The third kappa shape index (κ3) is 3.71. The molecule has 0 saturated heterocycles. The molecule has 0 N–H and O–H groups in total. The zero-order chi connectivity index (χ0) is 7.28. The predicted molar refractivity (Wildman–Crippen MR) is 39.3 cm³/mol. The first-order valence-corrected chi connectivity index (χ1v) is 2.99. The Balaban J connectivity index is 4.00. The average molecular weight is 124 g/mol. The van der Waals surface area contributed by atoms with E-state index < -0.39 is 0 Å². The summed E-state index contributed by atoms with van der Waals surface area (Å²) in [5.74, 6) is 0.133. The molecule has 0 saturated carbocycles. The molecule has 1 nitrogen and oxygen atoms in total. The zero-order valence-electron chi connectivity index (χ0n) is 6.14. The van der Waals surface area contributed by atoms with Crippen LogP contribution in [0.3, 0.4) is 0 Å². The predicted octanol–water partition coefficient (Wildman–Crippen LogP) is 2.10. The van der Waals surface area contributed by atoms with E-state index in [1.807, 2.05) is 32.1 Å². The first-order valence-electron chi connectivity index (χ1n) is 2.99. The van der Waals surface area contributed by atoms with Crippen LogP contribution in [-0.2, 0) is 4.79 Å². The quantitative estimate of drug-likeness (QED) is 0.407. The summed E-state index contributed by atoms with van der Waals surface area (Å²) < 4.78 is 0. The minimum absolute atomic E-state index is 0.133. The van der Waals surface area contributed by atoms with Gasteiger partial charge in [0.1, 0.15) is 0 Å². The number of hydrogen-bond donors (Lipinski definition) is 0. The molecule has 0 aliphatic carbocycles. The van der Waals surface area contributed by atoms with Crippen LogP contribution in [0.4, 0.5) is 0 Å². The first kappa shape index (κ1) is 8.15. The van der Waals surface area contributed by atoms with Crippen LogP contribution >= 0.6 is 0 Å². The van der Waals surface area contributed by atoms with Crippen LogP contribution in [0, 0.1) is 0 Å². The summed E-state index contributed by atoms with van der Waals surface area (Å²) in [6, 6.07) is 0. The maximum absolute atomic E-state index is 10.5. The summed E-state index contributed by atoms with van der Waals surface area (Å²) in [6.45, 7) is 5.29. The van der Waals surface area contributed by atoms with Crippen molar-refractivity contribution in [3.63, 3.8) is 0 Å². The van der Waals surface area contributed by atoms with E-state index in [1.54, 1.807) is 6.92 Å². The fourth-order valence-corrected chi connectivity index (χ4v) is 0.358. The van der Waals surface area contributed by atoms with Gasteiger partial charge in [0.2, 0.25) is 0 Å².